The van der Waals surface area contributed by atoms with Gasteiger partial charge in [0.1, 0.15) is 0 Å². The van der Waals surface area contributed by atoms with Crippen LogP contribution in [0, 0.1) is 0 Å². The predicted molar refractivity (Wildman–Crippen MR) is 586 cm³/mol. The molecule has 0 amide bonds. The second kappa shape index (κ2) is 33.7. The van der Waals surface area contributed by atoms with Crippen molar-refractivity contribution in [3.05, 3.63) is 515 Å². The summed E-state index contributed by atoms with van der Waals surface area (Å²) in [6.45, 7) is 12.7. The predicted octanol–water partition coefficient (Wildman–Crippen LogP) is 36.7. The normalized spacial score (nSPS) is 12.1. The molecule has 4 aromatic heterocycles. The molecule has 0 radical (unpaired) electrons. The molecule has 0 N–H and O–H groups in total. The molecule has 0 saturated carbocycles. The van der Waals surface area contributed by atoms with Crippen molar-refractivity contribution < 1.29 is 0 Å². The van der Waals surface area contributed by atoms with E-state index >= 15 is 0 Å². The summed E-state index contributed by atoms with van der Waals surface area (Å²) in [4.78, 5) is 4.78. The second-order valence-electron chi connectivity index (χ2n) is 36.4. The van der Waals surface area contributed by atoms with Crippen LogP contribution in [0.4, 0.5) is 34.1 Å². The van der Waals surface area contributed by atoms with Crippen molar-refractivity contribution in [3.63, 3.8) is 0 Å². The lowest BCUT2D eigenvalue weighted by Crippen LogP contribution is -2.16. The molecule has 0 fully saturated rings. The topological polar surface area (TPSA) is 21.3 Å². The lowest BCUT2D eigenvalue weighted by atomic mass is 9.81. The molecule has 0 aliphatic heterocycles. The summed E-state index contributed by atoms with van der Waals surface area (Å²) in [5.41, 5.74) is 39.0. The molecule has 1 aliphatic carbocycles. The van der Waals surface area contributed by atoms with Crippen molar-refractivity contribution in [1.29, 1.82) is 0 Å². The van der Waals surface area contributed by atoms with Gasteiger partial charge in [0.2, 0.25) is 0 Å². The lowest BCUT2D eigenvalue weighted by molar-refractivity contribution is 0.660. The van der Waals surface area contributed by atoms with E-state index in [2.05, 4.69) is 530 Å². The van der Waals surface area contributed by atoms with Gasteiger partial charge in [-0.15, -0.1) is 11.3 Å². The SMILES string of the molecule is C=Cc1ccc(-c2ccc(N(c3ccc(-c4ccc(-n5c6ccccc6c6ccccc65)cc4)cc3)c3ccc4c(c3)C(C)(C)c3cc(-c5ccc6c(c5)c5ccccc5n6-c5ccccc5)ccc3-4)cc2)cc1.C=Cc1ccc(-c2ccc(N(c3ccc(-c4ccc5c(c4)c4ccccc4n5-c4ccccc4)cc3)c3ccc4cc(-c5cccc6c5sc5ccccc56)ccc4c3)cc2)cc1. The molecule has 4 heterocycles. The fourth-order valence-corrected chi connectivity index (χ4v) is 22.5. The van der Waals surface area contributed by atoms with Gasteiger partial charge >= 0.3 is 0 Å². The number of anilines is 6. The van der Waals surface area contributed by atoms with Crippen molar-refractivity contribution in [3.8, 4) is 95.0 Å². The van der Waals surface area contributed by atoms with Gasteiger partial charge in [-0.2, -0.15) is 0 Å². The fraction of sp³-hybridized carbons (Fsp3) is 0.0229. The minimum atomic E-state index is -0.244. The Morgan fingerprint density at radius 2 is 0.533 bits per heavy atom. The summed E-state index contributed by atoms with van der Waals surface area (Å²) >= 11 is 1.88. The number of hydrogen-bond donors (Lipinski definition) is 0. The average Bonchev–Trinajstić information content (AvgIpc) is 1.58. The van der Waals surface area contributed by atoms with Crippen LogP contribution < -0.4 is 9.80 Å². The Morgan fingerprint density at radius 3 is 1.01 bits per heavy atom. The molecule has 5 nitrogen and oxygen atoms in total. The molecule has 25 aromatic rings. The number of nitrogens with zero attached hydrogens (tertiary/aromatic N) is 5. The molecule has 0 atom stereocenters. The van der Waals surface area contributed by atoms with E-state index in [9.17, 15) is 0 Å². The lowest BCUT2D eigenvalue weighted by Gasteiger charge is -2.28. The minimum Gasteiger partial charge on any atom is -0.310 e. The van der Waals surface area contributed by atoms with Crippen molar-refractivity contribution >= 4 is 154 Å². The number of fused-ring (bicyclic) bond motifs is 16. The van der Waals surface area contributed by atoms with Gasteiger partial charge in [-0.25, -0.2) is 0 Å². The average molecular weight is 1770 g/mol. The molecular weight excluding hydrogens is 1680 g/mol. The molecule has 1 aliphatic rings. The third-order valence-corrected chi connectivity index (χ3v) is 29.5. The van der Waals surface area contributed by atoms with E-state index < -0.39 is 0 Å². The summed E-state index contributed by atoms with van der Waals surface area (Å²) in [6, 6.07) is 176. The molecule has 137 heavy (non-hydrogen) atoms. The maximum Gasteiger partial charge on any atom is 0.0541 e. The number of aromatic nitrogens is 3. The van der Waals surface area contributed by atoms with E-state index in [4.69, 9.17) is 0 Å². The maximum absolute atomic E-state index is 3.95. The van der Waals surface area contributed by atoms with E-state index in [1.165, 1.54) is 197 Å². The first kappa shape index (κ1) is 81.6. The number of rotatable bonds is 17. The Bertz CT molecular complexity index is 8980. The first-order valence-electron chi connectivity index (χ1n) is 47.0. The van der Waals surface area contributed by atoms with Crippen LogP contribution in [0.2, 0.25) is 0 Å². The fourth-order valence-electron chi connectivity index (χ4n) is 21.3. The highest BCUT2D eigenvalue weighted by atomic mass is 32.1. The zero-order valence-electron chi connectivity index (χ0n) is 75.8. The van der Waals surface area contributed by atoms with Crippen LogP contribution in [0.1, 0.15) is 36.1 Å². The number of para-hydroxylation sites is 6. The second-order valence-corrected chi connectivity index (χ2v) is 37.5. The number of hydrogen-bond acceptors (Lipinski definition) is 3. The van der Waals surface area contributed by atoms with Gasteiger partial charge in [-0.1, -0.05) is 342 Å². The van der Waals surface area contributed by atoms with Crippen molar-refractivity contribution in [2.45, 2.75) is 19.3 Å². The zero-order valence-corrected chi connectivity index (χ0v) is 76.6. The highest BCUT2D eigenvalue weighted by molar-refractivity contribution is 7.26. The van der Waals surface area contributed by atoms with Gasteiger partial charge in [-0.05, 0) is 287 Å². The van der Waals surface area contributed by atoms with Crippen LogP contribution in [0.5, 0.6) is 0 Å². The molecule has 6 heteroatoms. The highest BCUT2D eigenvalue weighted by Crippen LogP contribution is 2.54. The van der Waals surface area contributed by atoms with Gasteiger partial charge < -0.3 is 23.5 Å². The third kappa shape index (κ3) is 14.3. The molecule has 646 valence electrons. The first-order valence-corrected chi connectivity index (χ1v) is 47.9. The largest absolute Gasteiger partial charge is 0.310 e. The molecule has 26 rings (SSSR count). The van der Waals surface area contributed by atoms with Crippen LogP contribution in [0.25, 0.3) is 203 Å². The Labute approximate surface area is 800 Å². The van der Waals surface area contributed by atoms with Crippen molar-refractivity contribution in [2.75, 3.05) is 9.80 Å². The molecule has 0 unspecified atom stereocenters. The van der Waals surface area contributed by atoms with E-state index in [1.807, 2.05) is 23.5 Å². The quantitative estimate of drug-likeness (QED) is 0.0906. The Hall–Kier alpha value is -17.4. The standard InChI is InChI=1S/C71H51N3.C60H40N2S/c1-4-47-22-24-48(25-23-47)49-26-34-55(35-27-49)72(56-36-28-50(29-37-56)51-30-38-57(39-31-51)74-67-19-11-8-16-61(67)62-17-9-12-20-68(62)74)58-40-42-60-59-41-32-53(45-65(59)71(2,3)66(60)46-58)52-33-43-70-64(44-52)63-18-10-13-21-69(63)73(70)54-14-6-5-7-15-54;1-2-40-19-21-41(22-20-40)42-25-31-49(32-26-42)61(51-35-29-44-37-47(24-23-45(44)38-51)52-15-10-16-55-54-14-7-9-18-59(54)63-60(52)55)50-33-27-43(28-34-50)46-30-36-58-56(39-46)53-13-6-8-17-57(53)62(58)48-11-4-3-5-12-48/h4-46H,1H2,2-3H3;2-39H,1H2. The minimum absolute atomic E-state index is 0.244. The Kier molecular flexibility index (Phi) is 20.1. The third-order valence-electron chi connectivity index (χ3n) is 28.3. The van der Waals surface area contributed by atoms with Gasteiger partial charge in [0, 0.05) is 109 Å². The van der Waals surface area contributed by atoms with Crippen molar-refractivity contribution in [1.82, 2.24) is 13.7 Å². The van der Waals surface area contributed by atoms with Crippen molar-refractivity contribution in [2.24, 2.45) is 0 Å². The summed E-state index contributed by atoms with van der Waals surface area (Å²) in [5, 5.41) is 12.6. The summed E-state index contributed by atoms with van der Waals surface area (Å²) in [6.07, 6.45) is 3.77. The highest BCUT2D eigenvalue weighted by Gasteiger charge is 2.37. The van der Waals surface area contributed by atoms with Crippen LogP contribution in [0.15, 0.2) is 492 Å². The summed E-state index contributed by atoms with van der Waals surface area (Å²) in [5.74, 6) is 0. The van der Waals surface area contributed by atoms with Gasteiger partial charge in [0.15, 0.2) is 0 Å². The zero-order chi connectivity index (χ0) is 91.4. The van der Waals surface area contributed by atoms with E-state index in [0.29, 0.717) is 0 Å². The molecule has 0 saturated heterocycles. The van der Waals surface area contributed by atoms with Crippen LogP contribution >= 0.6 is 11.3 Å². The number of thiophene rings is 1. The first-order chi connectivity index (χ1) is 67.6. The number of benzene rings is 21. The summed E-state index contributed by atoms with van der Waals surface area (Å²) < 4.78 is 9.79. The molecule has 0 bridgehead atoms. The molecular formula is C131H91N5S. The van der Waals surface area contributed by atoms with Gasteiger partial charge in [0.05, 0.1) is 33.1 Å². The van der Waals surface area contributed by atoms with Crippen LogP contribution in [-0.4, -0.2) is 13.7 Å². The monoisotopic (exact) mass is 1770 g/mol. The molecule has 0 spiro atoms. The Morgan fingerprint density at radius 1 is 0.219 bits per heavy atom. The maximum atomic E-state index is 3.95. The van der Waals surface area contributed by atoms with Gasteiger partial charge in [-0.3, -0.25) is 0 Å². The molecule has 21 aromatic carbocycles. The Balaban J connectivity index is 0.000000147. The van der Waals surface area contributed by atoms with Crippen LogP contribution in [0.3, 0.4) is 0 Å². The van der Waals surface area contributed by atoms with E-state index in [0.717, 1.165) is 50.9 Å². The van der Waals surface area contributed by atoms with Gasteiger partial charge in [0.25, 0.3) is 0 Å². The van der Waals surface area contributed by atoms with Crippen LogP contribution in [-0.2, 0) is 5.41 Å². The summed E-state index contributed by atoms with van der Waals surface area (Å²) in [7, 11) is 0. The van der Waals surface area contributed by atoms with E-state index in [-0.39, 0.29) is 5.41 Å². The smallest absolute Gasteiger partial charge is 0.0541 e. The van der Waals surface area contributed by atoms with E-state index in [1.54, 1.807) is 0 Å².